The van der Waals surface area contributed by atoms with Crippen molar-refractivity contribution in [2.24, 2.45) is 0 Å². The molecule has 0 aromatic heterocycles. The Morgan fingerprint density at radius 2 is 1.70 bits per heavy atom. The summed E-state index contributed by atoms with van der Waals surface area (Å²) in [6, 6.07) is 8.17. The molecule has 0 spiro atoms. The Bertz CT molecular complexity index is 559. The zero-order valence-corrected chi connectivity index (χ0v) is 13.9. The van der Waals surface area contributed by atoms with Gasteiger partial charge in [0, 0.05) is 6.42 Å². The maximum atomic E-state index is 12.0. The van der Waals surface area contributed by atoms with Gasteiger partial charge in [0.05, 0.1) is 17.2 Å². The maximum Gasteiger partial charge on any atom is 0.338 e. The first kappa shape index (κ1) is 18.7. The number of rotatable bonds is 8. The lowest BCUT2D eigenvalue weighted by Gasteiger charge is -2.20. The van der Waals surface area contributed by atoms with Crippen molar-refractivity contribution in [1.29, 1.82) is 5.26 Å². The van der Waals surface area contributed by atoms with Crippen molar-refractivity contribution >= 4 is 11.9 Å². The smallest absolute Gasteiger partial charge is 0.338 e. The summed E-state index contributed by atoms with van der Waals surface area (Å²) < 4.78 is 10.6. The van der Waals surface area contributed by atoms with Gasteiger partial charge in [0.1, 0.15) is 12.2 Å². The van der Waals surface area contributed by atoms with Crippen molar-refractivity contribution in [1.82, 2.24) is 0 Å². The largest absolute Gasteiger partial charge is 0.459 e. The second-order valence-electron chi connectivity index (χ2n) is 5.45. The van der Waals surface area contributed by atoms with E-state index in [4.69, 9.17) is 14.7 Å². The Morgan fingerprint density at radius 1 is 1.09 bits per heavy atom. The highest BCUT2D eigenvalue weighted by atomic mass is 16.6. The summed E-state index contributed by atoms with van der Waals surface area (Å²) in [6.45, 7) is 5.46. The molecule has 1 aromatic carbocycles. The zero-order valence-electron chi connectivity index (χ0n) is 13.9. The third kappa shape index (κ3) is 6.52. The molecule has 0 aliphatic carbocycles. The number of carbonyl (C=O) groups excluding carboxylic acids is 2. The first-order chi connectivity index (χ1) is 11.0. The van der Waals surface area contributed by atoms with Crippen LogP contribution in [0.1, 0.15) is 62.4 Å². The molecule has 0 amide bonds. The van der Waals surface area contributed by atoms with Gasteiger partial charge in [-0.1, -0.05) is 19.8 Å². The molecular formula is C18H23NO4. The SMILES string of the molecule is CCCCCC(=O)OC(C)C(C)OC(=O)c1ccc(C#N)cc1. The van der Waals surface area contributed by atoms with Crippen LogP contribution in [0.4, 0.5) is 0 Å². The van der Waals surface area contributed by atoms with Gasteiger partial charge in [0.15, 0.2) is 0 Å². The summed E-state index contributed by atoms with van der Waals surface area (Å²) in [5.41, 5.74) is 0.835. The summed E-state index contributed by atoms with van der Waals surface area (Å²) in [5, 5.41) is 8.73. The van der Waals surface area contributed by atoms with Crippen LogP contribution in [0.2, 0.25) is 0 Å². The standard InChI is InChI=1S/C18H23NO4/c1-4-5-6-7-17(20)22-13(2)14(3)23-18(21)16-10-8-15(12-19)9-11-16/h8-11,13-14H,4-7H2,1-3H3. The van der Waals surface area contributed by atoms with Crippen LogP contribution in [0.15, 0.2) is 24.3 Å². The minimum absolute atomic E-state index is 0.271. The van der Waals surface area contributed by atoms with Crippen molar-refractivity contribution < 1.29 is 19.1 Å². The quantitative estimate of drug-likeness (QED) is 0.540. The Balaban J connectivity index is 2.47. The predicted molar refractivity (Wildman–Crippen MR) is 85.7 cm³/mol. The monoisotopic (exact) mass is 317 g/mol. The fraction of sp³-hybridized carbons (Fsp3) is 0.500. The molecule has 0 saturated heterocycles. The minimum atomic E-state index is -0.548. The maximum absolute atomic E-state index is 12.0. The van der Waals surface area contributed by atoms with Gasteiger partial charge in [0.2, 0.25) is 0 Å². The Labute approximate surface area is 137 Å². The summed E-state index contributed by atoms with van der Waals surface area (Å²) in [4.78, 5) is 23.7. The molecule has 0 heterocycles. The molecule has 2 unspecified atom stereocenters. The molecule has 1 rings (SSSR count). The van der Waals surface area contributed by atoms with E-state index in [1.165, 1.54) is 12.1 Å². The third-order valence-corrected chi connectivity index (χ3v) is 3.51. The van der Waals surface area contributed by atoms with E-state index in [-0.39, 0.29) is 5.97 Å². The number of ether oxygens (including phenoxy) is 2. The average Bonchev–Trinajstić information content (AvgIpc) is 2.55. The number of hydrogen-bond acceptors (Lipinski definition) is 5. The lowest BCUT2D eigenvalue weighted by molar-refractivity contribution is -0.153. The van der Waals surface area contributed by atoms with Crippen LogP contribution >= 0.6 is 0 Å². The average molecular weight is 317 g/mol. The van der Waals surface area contributed by atoms with Gasteiger partial charge in [-0.2, -0.15) is 5.26 Å². The van der Waals surface area contributed by atoms with E-state index in [0.29, 0.717) is 17.5 Å². The van der Waals surface area contributed by atoms with Crippen molar-refractivity contribution in [3.8, 4) is 6.07 Å². The van der Waals surface area contributed by atoms with Crippen LogP contribution in [-0.2, 0) is 14.3 Å². The highest BCUT2D eigenvalue weighted by Gasteiger charge is 2.21. The number of benzene rings is 1. The first-order valence-electron chi connectivity index (χ1n) is 7.88. The molecule has 124 valence electrons. The van der Waals surface area contributed by atoms with Crippen LogP contribution in [0.25, 0.3) is 0 Å². The van der Waals surface area contributed by atoms with Gasteiger partial charge in [0.25, 0.3) is 0 Å². The Hall–Kier alpha value is -2.35. The van der Waals surface area contributed by atoms with E-state index >= 15 is 0 Å². The molecule has 0 fully saturated rings. The topological polar surface area (TPSA) is 76.4 Å². The van der Waals surface area contributed by atoms with Crippen molar-refractivity contribution in [2.45, 2.75) is 58.7 Å². The van der Waals surface area contributed by atoms with Gasteiger partial charge in [-0.05, 0) is 44.5 Å². The van der Waals surface area contributed by atoms with Gasteiger partial charge in [-0.15, -0.1) is 0 Å². The number of nitrogens with zero attached hydrogens (tertiary/aromatic N) is 1. The summed E-state index contributed by atoms with van der Waals surface area (Å²) in [6.07, 6.45) is 2.17. The molecule has 0 aliphatic heterocycles. The molecule has 0 bridgehead atoms. The van der Waals surface area contributed by atoms with Crippen molar-refractivity contribution in [3.63, 3.8) is 0 Å². The molecule has 1 aromatic rings. The number of nitriles is 1. The predicted octanol–water partition coefficient (Wildman–Crippen LogP) is 3.62. The summed E-state index contributed by atoms with van der Waals surface area (Å²) in [7, 11) is 0. The Kier molecular flexibility index (Phi) is 7.82. The molecule has 5 nitrogen and oxygen atoms in total. The number of unbranched alkanes of at least 4 members (excludes halogenated alkanes) is 2. The van der Waals surface area contributed by atoms with Crippen LogP contribution in [-0.4, -0.2) is 24.1 Å². The molecule has 2 atom stereocenters. The summed E-state index contributed by atoms with van der Waals surface area (Å²) >= 11 is 0. The molecule has 0 aliphatic rings. The molecule has 0 saturated carbocycles. The van der Waals surface area contributed by atoms with E-state index in [1.807, 2.05) is 6.07 Å². The summed E-state index contributed by atoms with van der Waals surface area (Å²) in [5.74, 6) is -0.775. The fourth-order valence-corrected chi connectivity index (χ4v) is 1.89. The first-order valence-corrected chi connectivity index (χ1v) is 7.88. The lowest BCUT2D eigenvalue weighted by atomic mass is 10.1. The van der Waals surface area contributed by atoms with Gasteiger partial charge in [-0.3, -0.25) is 4.79 Å². The van der Waals surface area contributed by atoms with Crippen LogP contribution in [0.3, 0.4) is 0 Å². The zero-order chi connectivity index (χ0) is 17.2. The second kappa shape index (κ2) is 9.62. The van der Waals surface area contributed by atoms with E-state index in [0.717, 1.165) is 19.3 Å². The third-order valence-electron chi connectivity index (χ3n) is 3.51. The highest BCUT2D eigenvalue weighted by molar-refractivity contribution is 5.89. The van der Waals surface area contributed by atoms with Gasteiger partial charge in [-0.25, -0.2) is 4.79 Å². The van der Waals surface area contributed by atoms with Crippen molar-refractivity contribution in [3.05, 3.63) is 35.4 Å². The second-order valence-corrected chi connectivity index (χ2v) is 5.45. The van der Waals surface area contributed by atoms with E-state index in [1.54, 1.807) is 26.0 Å². The molecule has 23 heavy (non-hydrogen) atoms. The van der Waals surface area contributed by atoms with E-state index in [2.05, 4.69) is 6.92 Å². The molecule has 5 heteroatoms. The van der Waals surface area contributed by atoms with E-state index in [9.17, 15) is 9.59 Å². The van der Waals surface area contributed by atoms with Crippen LogP contribution < -0.4 is 0 Å². The van der Waals surface area contributed by atoms with Crippen LogP contribution in [0.5, 0.6) is 0 Å². The van der Waals surface area contributed by atoms with Crippen LogP contribution in [0, 0.1) is 11.3 Å². The van der Waals surface area contributed by atoms with Gasteiger partial charge >= 0.3 is 11.9 Å². The molecule has 0 N–H and O–H groups in total. The number of carbonyl (C=O) groups is 2. The lowest BCUT2D eigenvalue weighted by Crippen LogP contribution is -2.30. The molecular weight excluding hydrogens is 294 g/mol. The fourth-order valence-electron chi connectivity index (χ4n) is 1.89. The van der Waals surface area contributed by atoms with E-state index < -0.39 is 18.2 Å². The minimum Gasteiger partial charge on any atom is -0.459 e. The van der Waals surface area contributed by atoms with Crippen molar-refractivity contribution in [2.75, 3.05) is 0 Å². The normalized spacial score (nSPS) is 12.8. The Morgan fingerprint density at radius 3 is 2.26 bits per heavy atom. The van der Waals surface area contributed by atoms with Gasteiger partial charge < -0.3 is 9.47 Å². The highest BCUT2D eigenvalue weighted by Crippen LogP contribution is 2.11. The molecule has 0 radical (unpaired) electrons. The number of hydrogen-bond donors (Lipinski definition) is 0. The number of esters is 2.